The van der Waals surface area contributed by atoms with Crippen LogP contribution in [0.1, 0.15) is 0 Å². The van der Waals surface area contributed by atoms with Gasteiger partial charge in [0.05, 0.1) is 17.4 Å². The maximum Gasteiger partial charge on any atom is 0.126 e. The zero-order chi connectivity index (χ0) is 12.7. The Kier molecular flexibility index (Phi) is 2.33. The fraction of sp³-hybridized carbons (Fsp3) is 0.231. The largest absolute Gasteiger partial charge is 0.373 e. The van der Waals surface area contributed by atoms with Crippen molar-refractivity contribution in [1.29, 1.82) is 0 Å². The molecule has 5 nitrogen and oxygen atoms in total. The van der Waals surface area contributed by atoms with Crippen LogP contribution in [0.4, 0.5) is 5.82 Å². The fourth-order valence-electron chi connectivity index (χ4n) is 2.03. The zero-order valence-electron chi connectivity index (χ0n) is 10.7. The number of rotatable bonds is 2. The number of aromatic nitrogens is 4. The molecule has 0 saturated heterocycles. The molecular weight excluding hydrogens is 226 g/mol. The molecular formula is C13H15N5. The molecule has 18 heavy (non-hydrogen) atoms. The quantitative estimate of drug-likeness (QED) is 0.746. The molecule has 3 aromatic heterocycles. The van der Waals surface area contributed by atoms with E-state index in [1.54, 1.807) is 6.20 Å². The van der Waals surface area contributed by atoms with Crippen LogP contribution in [0.5, 0.6) is 0 Å². The fourth-order valence-corrected chi connectivity index (χ4v) is 2.03. The third-order valence-corrected chi connectivity index (χ3v) is 3.25. The molecule has 0 aliphatic heterocycles. The van der Waals surface area contributed by atoms with Crippen molar-refractivity contribution in [3.8, 4) is 11.3 Å². The van der Waals surface area contributed by atoms with E-state index in [2.05, 4.69) is 32.2 Å². The summed E-state index contributed by atoms with van der Waals surface area (Å²) in [5, 5.41) is 4.13. The Morgan fingerprint density at radius 3 is 2.61 bits per heavy atom. The molecule has 5 heteroatoms. The first-order valence-corrected chi connectivity index (χ1v) is 5.81. The van der Waals surface area contributed by atoms with Gasteiger partial charge in [-0.05, 0) is 12.1 Å². The van der Waals surface area contributed by atoms with E-state index in [1.165, 1.54) is 5.69 Å². The minimum Gasteiger partial charge on any atom is -0.373 e. The second-order valence-corrected chi connectivity index (χ2v) is 4.35. The summed E-state index contributed by atoms with van der Waals surface area (Å²) in [6.45, 7) is 0. The van der Waals surface area contributed by atoms with Crippen LogP contribution in [-0.4, -0.2) is 26.4 Å². The number of fused-ring (bicyclic) bond motifs is 1. The second-order valence-electron chi connectivity index (χ2n) is 4.35. The van der Waals surface area contributed by atoms with E-state index in [4.69, 9.17) is 0 Å². The lowest BCUT2D eigenvalue weighted by molar-refractivity contribution is 0.536. The Balaban J connectivity index is 2.13. The average molecular weight is 241 g/mol. The normalized spacial score (nSPS) is 11.1. The number of aryl methyl sites for hydroxylation is 1. The average Bonchev–Trinajstić information content (AvgIpc) is 2.43. The van der Waals surface area contributed by atoms with Gasteiger partial charge in [-0.25, -0.2) is 4.98 Å². The molecule has 0 bridgehead atoms. The predicted molar refractivity (Wildman–Crippen MR) is 72.5 cm³/mol. The lowest BCUT2D eigenvalue weighted by Crippen LogP contribution is -2.17. The molecule has 3 rings (SSSR count). The Morgan fingerprint density at radius 1 is 1.11 bits per heavy atom. The van der Waals surface area contributed by atoms with Crippen LogP contribution in [0.15, 0.2) is 30.7 Å². The van der Waals surface area contributed by atoms with Gasteiger partial charge in [-0.15, -0.1) is 0 Å². The van der Waals surface area contributed by atoms with Crippen molar-refractivity contribution >= 4 is 16.7 Å². The molecule has 0 amide bonds. The standard InChI is InChI=1S/C13H15N5/c1-14-13-5-9-4-10(6-15-11(9)7-16-13)12-8-17(2)18(12)3/h4-8H,1-3H3,(H,14,16). The molecule has 1 N–H and O–H groups in total. The number of nitrogens with one attached hydrogen (secondary N) is 1. The van der Waals surface area contributed by atoms with Gasteiger partial charge in [-0.2, -0.15) is 0 Å². The predicted octanol–water partition coefficient (Wildman–Crippen LogP) is 2.02. The maximum absolute atomic E-state index is 4.44. The SMILES string of the molecule is CNc1cc2cc(-c3cn(C)n3C)cnc2cn1. The first-order chi connectivity index (χ1) is 8.69. The lowest BCUT2D eigenvalue weighted by atomic mass is 10.1. The first kappa shape index (κ1) is 10.8. The van der Waals surface area contributed by atoms with Crippen molar-refractivity contribution in [1.82, 2.24) is 19.3 Å². The van der Waals surface area contributed by atoms with Crippen LogP contribution < -0.4 is 5.32 Å². The molecule has 3 heterocycles. The summed E-state index contributed by atoms with van der Waals surface area (Å²) in [5.74, 6) is 0.856. The third kappa shape index (κ3) is 1.55. The maximum atomic E-state index is 4.44. The van der Waals surface area contributed by atoms with Gasteiger partial charge in [0, 0.05) is 44.5 Å². The van der Waals surface area contributed by atoms with E-state index >= 15 is 0 Å². The van der Waals surface area contributed by atoms with Crippen molar-refractivity contribution in [3.05, 3.63) is 30.7 Å². The highest BCUT2D eigenvalue weighted by Gasteiger charge is 2.08. The van der Waals surface area contributed by atoms with Gasteiger partial charge in [0.2, 0.25) is 0 Å². The minimum atomic E-state index is 0.856. The molecule has 0 saturated carbocycles. The molecule has 3 aromatic rings. The second kappa shape index (κ2) is 3.87. The van der Waals surface area contributed by atoms with Gasteiger partial charge >= 0.3 is 0 Å². The monoisotopic (exact) mass is 241 g/mol. The van der Waals surface area contributed by atoms with Gasteiger partial charge in [-0.1, -0.05) is 0 Å². The minimum absolute atomic E-state index is 0.856. The van der Waals surface area contributed by atoms with Crippen LogP contribution in [0.2, 0.25) is 0 Å². The summed E-state index contributed by atoms with van der Waals surface area (Å²) in [5.41, 5.74) is 3.21. The Morgan fingerprint density at radius 2 is 1.94 bits per heavy atom. The van der Waals surface area contributed by atoms with Gasteiger partial charge in [0.1, 0.15) is 5.82 Å². The van der Waals surface area contributed by atoms with E-state index in [9.17, 15) is 0 Å². The van der Waals surface area contributed by atoms with E-state index in [0.29, 0.717) is 0 Å². The smallest absolute Gasteiger partial charge is 0.126 e. The number of pyridine rings is 2. The molecule has 0 atom stereocenters. The summed E-state index contributed by atoms with van der Waals surface area (Å²) >= 11 is 0. The van der Waals surface area contributed by atoms with Gasteiger partial charge in [-0.3, -0.25) is 14.3 Å². The number of anilines is 1. The highest BCUT2D eigenvalue weighted by Crippen LogP contribution is 2.24. The topological polar surface area (TPSA) is 47.7 Å². The molecule has 0 aliphatic carbocycles. The van der Waals surface area contributed by atoms with Crippen molar-refractivity contribution in [2.24, 2.45) is 14.1 Å². The molecule has 0 radical (unpaired) electrons. The first-order valence-electron chi connectivity index (χ1n) is 5.81. The van der Waals surface area contributed by atoms with Crippen molar-refractivity contribution in [2.75, 3.05) is 12.4 Å². The Bertz CT molecular complexity index is 707. The lowest BCUT2D eigenvalue weighted by Gasteiger charge is -2.20. The number of hydrogen-bond acceptors (Lipinski definition) is 3. The molecule has 0 aliphatic rings. The highest BCUT2D eigenvalue weighted by molar-refractivity contribution is 5.84. The van der Waals surface area contributed by atoms with Crippen molar-refractivity contribution in [3.63, 3.8) is 0 Å². The Labute approximate surface area is 105 Å². The summed E-state index contributed by atoms with van der Waals surface area (Å²) in [6, 6.07) is 4.15. The van der Waals surface area contributed by atoms with Crippen molar-refractivity contribution in [2.45, 2.75) is 0 Å². The van der Waals surface area contributed by atoms with Crippen LogP contribution >= 0.6 is 0 Å². The van der Waals surface area contributed by atoms with Crippen LogP contribution in [0, 0.1) is 0 Å². The van der Waals surface area contributed by atoms with E-state index < -0.39 is 0 Å². The summed E-state index contributed by atoms with van der Waals surface area (Å²) in [4.78, 5) is 8.70. The Hall–Kier alpha value is -2.30. The molecule has 0 unspecified atom stereocenters. The van der Waals surface area contributed by atoms with Gasteiger partial charge in [0.25, 0.3) is 0 Å². The van der Waals surface area contributed by atoms with Crippen LogP contribution in [0.3, 0.4) is 0 Å². The zero-order valence-corrected chi connectivity index (χ0v) is 10.7. The number of nitrogens with zero attached hydrogens (tertiary/aromatic N) is 4. The summed E-state index contributed by atoms with van der Waals surface area (Å²) < 4.78 is 4.12. The van der Waals surface area contributed by atoms with Crippen molar-refractivity contribution < 1.29 is 0 Å². The van der Waals surface area contributed by atoms with Crippen LogP contribution in [-0.2, 0) is 14.1 Å². The van der Waals surface area contributed by atoms with E-state index in [0.717, 1.165) is 22.3 Å². The molecule has 0 spiro atoms. The molecule has 92 valence electrons. The summed E-state index contributed by atoms with van der Waals surface area (Å²) in [6.07, 6.45) is 5.76. The van der Waals surface area contributed by atoms with Crippen LogP contribution in [0.25, 0.3) is 22.2 Å². The van der Waals surface area contributed by atoms with Gasteiger partial charge in [0.15, 0.2) is 0 Å². The van der Waals surface area contributed by atoms with E-state index in [1.807, 2.05) is 38.1 Å². The molecule has 0 aromatic carbocycles. The number of hydrogen-bond donors (Lipinski definition) is 1. The van der Waals surface area contributed by atoms with Gasteiger partial charge < -0.3 is 5.32 Å². The molecule has 0 fully saturated rings. The highest BCUT2D eigenvalue weighted by atomic mass is 15.4. The summed E-state index contributed by atoms with van der Waals surface area (Å²) in [7, 11) is 5.91. The third-order valence-electron chi connectivity index (χ3n) is 3.25. The van der Waals surface area contributed by atoms with E-state index in [-0.39, 0.29) is 0 Å².